The average molecular weight is 289 g/mol. The highest BCUT2D eigenvalue weighted by molar-refractivity contribution is 5.81. The van der Waals surface area contributed by atoms with Crippen molar-refractivity contribution in [1.29, 1.82) is 0 Å². The second-order valence-corrected chi connectivity index (χ2v) is 5.94. The third-order valence-corrected chi connectivity index (χ3v) is 4.42. The minimum Gasteiger partial charge on any atom is -0.495 e. The number of methoxy groups -OCH3 is 1. The quantitative estimate of drug-likeness (QED) is 0.912. The first-order chi connectivity index (χ1) is 10.2. The van der Waals surface area contributed by atoms with Crippen LogP contribution in [0.15, 0.2) is 24.3 Å². The van der Waals surface area contributed by atoms with E-state index in [9.17, 15) is 4.79 Å². The van der Waals surface area contributed by atoms with E-state index in [2.05, 4.69) is 23.3 Å². The molecule has 1 aliphatic carbocycles. The first kappa shape index (κ1) is 14.2. The molecule has 5 heteroatoms. The van der Waals surface area contributed by atoms with E-state index in [1.54, 1.807) is 7.11 Å². The summed E-state index contributed by atoms with van der Waals surface area (Å²) < 4.78 is 5.42. The molecule has 2 atom stereocenters. The molecule has 5 nitrogen and oxygen atoms in total. The number of carbonyl (C=O) groups is 1. The van der Waals surface area contributed by atoms with Gasteiger partial charge in [0.2, 0.25) is 5.91 Å². The van der Waals surface area contributed by atoms with Crippen molar-refractivity contribution in [1.82, 2.24) is 10.4 Å². The number of carbonyl (C=O) groups excluding carboxylic acids is 1. The van der Waals surface area contributed by atoms with Crippen LogP contribution in [-0.2, 0) is 4.79 Å². The molecule has 1 N–H and O–H groups in total. The fourth-order valence-electron chi connectivity index (χ4n) is 2.88. The van der Waals surface area contributed by atoms with Crippen molar-refractivity contribution in [3.8, 4) is 5.75 Å². The fourth-order valence-corrected chi connectivity index (χ4v) is 2.88. The maximum atomic E-state index is 11.9. The van der Waals surface area contributed by atoms with Crippen LogP contribution in [-0.4, -0.2) is 44.2 Å². The molecule has 0 radical (unpaired) electrons. The smallest absolute Gasteiger partial charge is 0.237 e. The van der Waals surface area contributed by atoms with Crippen LogP contribution in [0.5, 0.6) is 5.75 Å². The minimum absolute atomic E-state index is 0.188. The molecule has 0 spiro atoms. The number of piperazine rings is 1. The van der Waals surface area contributed by atoms with Crippen molar-refractivity contribution in [2.24, 2.45) is 11.8 Å². The molecule has 2 fully saturated rings. The number of anilines is 1. The van der Waals surface area contributed by atoms with Crippen LogP contribution in [0, 0.1) is 11.8 Å². The van der Waals surface area contributed by atoms with Crippen molar-refractivity contribution >= 4 is 11.6 Å². The van der Waals surface area contributed by atoms with Crippen molar-refractivity contribution < 1.29 is 9.53 Å². The molecule has 1 amide bonds. The van der Waals surface area contributed by atoms with Gasteiger partial charge in [-0.25, -0.2) is 5.01 Å². The molecular formula is C16H23N3O2. The van der Waals surface area contributed by atoms with E-state index in [1.165, 1.54) is 0 Å². The highest BCUT2D eigenvalue weighted by atomic mass is 16.5. The second-order valence-electron chi connectivity index (χ2n) is 5.94. The topological polar surface area (TPSA) is 44.8 Å². The maximum absolute atomic E-state index is 11.9. The predicted molar refractivity (Wildman–Crippen MR) is 82.2 cm³/mol. The maximum Gasteiger partial charge on any atom is 0.237 e. The monoisotopic (exact) mass is 289 g/mol. The zero-order chi connectivity index (χ0) is 14.8. The summed E-state index contributed by atoms with van der Waals surface area (Å²) in [6.07, 6.45) is 1.03. The van der Waals surface area contributed by atoms with Gasteiger partial charge in [-0.05, 0) is 24.5 Å². The Kier molecular flexibility index (Phi) is 4.01. The number of amides is 1. The zero-order valence-corrected chi connectivity index (χ0v) is 12.7. The van der Waals surface area contributed by atoms with E-state index in [-0.39, 0.29) is 11.8 Å². The summed E-state index contributed by atoms with van der Waals surface area (Å²) in [4.78, 5) is 14.3. The lowest BCUT2D eigenvalue weighted by atomic mass is 10.2. The van der Waals surface area contributed by atoms with Crippen molar-refractivity contribution in [3.05, 3.63) is 24.3 Å². The van der Waals surface area contributed by atoms with Crippen LogP contribution in [0.1, 0.15) is 13.3 Å². The lowest BCUT2D eigenvalue weighted by Crippen LogP contribution is -2.54. The summed E-state index contributed by atoms with van der Waals surface area (Å²) in [7, 11) is 1.70. The zero-order valence-electron chi connectivity index (χ0n) is 12.7. The Hall–Kier alpha value is -1.75. The van der Waals surface area contributed by atoms with Gasteiger partial charge in [-0.3, -0.25) is 10.2 Å². The van der Waals surface area contributed by atoms with E-state index in [1.807, 2.05) is 23.2 Å². The molecule has 1 saturated heterocycles. The van der Waals surface area contributed by atoms with Gasteiger partial charge in [-0.2, -0.15) is 0 Å². The Morgan fingerprint density at radius 2 is 1.90 bits per heavy atom. The van der Waals surface area contributed by atoms with Crippen LogP contribution in [0.4, 0.5) is 5.69 Å². The molecule has 1 aromatic carbocycles. The molecule has 0 bridgehead atoms. The third-order valence-electron chi connectivity index (χ3n) is 4.42. The largest absolute Gasteiger partial charge is 0.495 e. The molecule has 3 rings (SSSR count). The predicted octanol–water partition coefficient (Wildman–Crippen LogP) is 1.50. The van der Waals surface area contributed by atoms with Gasteiger partial charge >= 0.3 is 0 Å². The third kappa shape index (κ3) is 3.13. The molecule has 2 aliphatic rings. The summed E-state index contributed by atoms with van der Waals surface area (Å²) in [6, 6.07) is 8.08. The van der Waals surface area contributed by atoms with Crippen LogP contribution in [0.3, 0.4) is 0 Å². The van der Waals surface area contributed by atoms with E-state index in [0.29, 0.717) is 5.92 Å². The fraction of sp³-hybridized carbons (Fsp3) is 0.562. The van der Waals surface area contributed by atoms with E-state index >= 15 is 0 Å². The van der Waals surface area contributed by atoms with Gasteiger partial charge in [-0.15, -0.1) is 0 Å². The highest BCUT2D eigenvalue weighted by Gasteiger charge is 2.39. The number of hydrazine groups is 1. The lowest BCUT2D eigenvalue weighted by Gasteiger charge is -2.36. The molecule has 1 heterocycles. The molecule has 1 aromatic rings. The van der Waals surface area contributed by atoms with Gasteiger partial charge in [-0.1, -0.05) is 19.1 Å². The molecule has 0 unspecified atom stereocenters. The summed E-state index contributed by atoms with van der Waals surface area (Å²) in [5.41, 5.74) is 4.17. The average Bonchev–Trinajstić information content (AvgIpc) is 3.25. The highest BCUT2D eigenvalue weighted by Crippen LogP contribution is 2.37. The molecule has 1 saturated carbocycles. The Balaban J connectivity index is 1.54. The van der Waals surface area contributed by atoms with Crippen molar-refractivity contribution in [2.75, 3.05) is 38.2 Å². The lowest BCUT2D eigenvalue weighted by molar-refractivity contribution is -0.127. The van der Waals surface area contributed by atoms with Gasteiger partial charge in [0.1, 0.15) is 5.75 Å². The minimum atomic E-state index is 0.188. The van der Waals surface area contributed by atoms with Gasteiger partial charge in [0.15, 0.2) is 0 Å². The first-order valence-corrected chi connectivity index (χ1v) is 7.62. The summed E-state index contributed by atoms with van der Waals surface area (Å²) in [5.74, 6) is 1.88. The van der Waals surface area contributed by atoms with Crippen LogP contribution < -0.4 is 15.1 Å². The number of ether oxygens (including phenoxy) is 1. The number of benzene rings is 1. The van der Waals surface area contributed by atoms with E-state index in [0.717, 1.165) is 44.0 Å². The van der Waals surface area contributed by atoms with E-state index < -0.39 is 0 Å². The Morgan fingerprint density at radius 1 is 1.24 bits per heavy atom. The first-order valence-electron chi connectivity index (χ1n) is 7.62. The van der Waals surface area contributed by atoms with Gasteiger partial charge in [0.05, 0.1) is 12.8 Å². The number of nitrogens with zero attached hydrogens (tertiary/aromatic N) is 2. The van der Waals surface area contributed by atoms with Crippen LogP contribution in [0.25, 0.3) is 0 Å². The molecule has 114 valence electrons. The van der Waals surface area contributed by atoms with Crippen molar-refractivity contribution in [2.45, 2.75) is 13.3 Å². The SMILES string of the molecule is COc1ccccc1N1CCN(NC(=O)[C@H]2C[C@H]2C)CC1. The summed E-state index contributed by atoms with van der Waals surface area (Å²) in [5, 5.41) is 2.04. The van der Waals surface area contributed by atoms with Gasteiger partial charge in [0, 0.05) is 32.1 Å². The summed E-state index contributed by atoms with van der Waals surface area (Å²) in [6.45, 7) is 5.58. The Labute approximate surface area is 125 Å². The number of hydrogen-bond acceptors (Lipinski definition) is 4. The molecule has 1 aliphatic heterocycles. The second kappa shape index (κ2) is 5.93. The standard InChI is InChI=1S/C16H23N3O2/c1-12-11-13(12)16(20)17-19-9-7-18(8-10-19)14-5-3-4-6-15(14)21-2/h3-6,12-13H,7-11H2,1-2H3,(H,17,20)/t12-,13+/m1/s1. The number of para-hydroxylation sites is 2. The van der Waals surface area contributed by atoms with Gasteiger partial charge in [0.25, 0.3) is 0 Å². The Morgan fingerprint density at radius 3 is 2.52 bits per heavy atom. The van der Waals surface area contributed by atoms with Crippen LogP contribution >= 0.6 is 0 Å². The van der Waals surface area contributed by atoms with Crippen LogP contribution in [0.2, 0.25) is 0 Å². The Bertz CT molecular complexity index is 512. The summed E-state index contributed by atoms with van der Waals surface area (Å²) >= 11 is 0. The van der Waals surface area contributed by atoms with Gasteiger partial charge < -0.3 is 9.64 Å². The molecular weight excluding hydrogens is 266 g/mol. The molecule has 0 aromatic heterocycles. The van der Waals surface area contributed by atoms with E-state index in [4.69, 9.17) is 4.74 Å². The van der Waals surface area contributed by atoms with Crippen molar-refractivity contribution in [3.63, 3.8) is 0 Å². The normalized spacial score (nSPS) is 25.5. The number of nitrogens with one attached hydrogen (secondary N) is 1. The molecule has 21 heavy (non-hydrogen) atoms. The number of rotatable bonds is 4. The number of hydrogen-bond donors (Lipinski definition) is 1.